The van der Waals surface area contributed by atoms with E-state index in [9.17, 15) is 9.18 Å². The van der Waals surface area contributed by atoms with Crippen molar-refractivity contribution in [3.63, 3.8) is 0 Å². The standard InChI is InChI=1S/C14H11ClFN3O/c15-11-7-18-13(17)6-10(11)14(20)19-4-3-8-1-2-9(16)5-12(8)19/h1-2,5-7H,3-4H2,(H2,17,18). The van der Waals surface area contributed by atoms with Crippen molar-refractivity contribution < 1.29 is 9.18 Å². The zero-order valence-corrected chi connectivity index (χ0v) is 11.2. The maximum absolute atomic E-state index is 13.4. The highest BCUT2D eigenvalue weighted by molar-refractivity contribution is 6.34. The fraction of sp³-hybridized carbons (Fsp3) is 0.143. The molecule has 0 saturated carbocycles. The number of pyridine rings is 1. The molecule has 0 fully saturated rings. The van der Waals surface area contributed by atoms with Crippen LogP contribution in [0.2, 0.25) is 5.02 Å². The average molecular weight is 292 g/mol. The number of aromatic nitrogens is 1. The van der Waals surface area contributed by atoms with Crippen molar-refractivity contribution in [1.29, 1.82) is 0 Å². The molecule has 0 bridgehead atoms. The van der Waals surface area contributed by atoms with Gasteiger partial charge >= 0.3 is 0 Å². The van der Waals surface area contributed by atoms with Crippen LogP contribution in [0.1, 0.15) is 15.9 Å². The molecule has 1 aromatic carbocycles. The minimum absolute atomic E-state index is 0.219. The first-order chi connectivity index (χ1) is 9.56. The normalized spacial score (nSPS) is 13.4. The molecule has 1 amide bonds. The number of hydrogen-bond donors (Lipinski definition) is 1. The number of carbonyl (C=O) groups excluding carboxylic acids is 1. The predicted octanol–water partition coefficient (Wildman–Crippen LogP) is 2.66. The van der Waals surface area contributed by atoms with Crippen LogP contribution >= 0.6 is 11.6 Å². The van der Waals surface area contributed by atoms with Crippen molar-refractivity contribution in [3.8, 4) is 0 Å². The molecule has 4 nitrogen and oxygen atoms in total. The van der Waals surface area contributed by atoms with Gasteiger partial charge in [0.05, 0.1) is 16.3 Å². The van der Waals surface area contributed by atoms with Crippen molar-refractivity contribution in [2.24, 2.45) is 0 Å². The van der Waals surface area contributed by atoms with Crippen LogP contribution in [-0.4, -0.2) is 17.4 Å². The van der Waals surface area contributed by atoms with E-state index in [4.69, 9.17) is 17.3 Å². The smallest absolute Gasteiger partial charge is 0.259 e. The van der Waals surface area contributed by atoms with Gasteiger partial charge in [-0.3, -0.25) is 4.79 Å². The zero-order chi connectivity index (χ0) is 14.3. The monoisotopic (exact) mass is 291 g/mol. The fourth-order valence-electron chi connectivity index (χ4n) is 2.33. The zero-order valence-electron chi connectivity index (χ0n) is 10.4. The molecule has 0 radical (unpaired) electrons. The summed E-state index contributed by atoms with van der Waals surface area (Å²) in [6.07, 6.45) is 2.03. The lowest BCUT2D eigenvalue weighted by atomic mass is 10.1. The van der Waals surface area contributed by atoms with Gasteiger partial charge in [-0.15, -0.1) is 0 Å². The van der Waals surface area contributed by atoms with Gasteiger partial charge in [0.15, 0.2) is 0 Å². The second-order valence-electron chi connectivity index (χ2n) is 4.57. The van der Waals surface area contributed by atoms with E-state index < -0.39 is 0 Å². The second kappa shape index (κ2) is 4.76. The number of nitrogens with zero attached hydrogens (tertiary/aromatic N) is 2. The highest BCUT2D eigenvalue weighted by Crippen LogP contribution is 2.31. The highest BCUT2D eigenvalue weighted by Gasteiger charge is 2.27. The Morgan fingerprint density at radius 3 is 3.00 bits per heavy atom. The lowest BCUT2D eigenvalue weighted by Gasteiger charge is -2.18. The Hall–Kier alpha value is -2.14. The number of nitrogens with two attached hydrogens (primary N) is 1. The number of anilines is 2. The summed E-state index contributed by atoms with van der Waals surface area (Å²) in [6, 6.07) is 5.88. The Bertz CT molecular complexity index is 705. The molecule has 0 saturated heterocycles. The molecular weight excluding hydrogens is 281 g/mol. The summed E-state index contributed by atoms with van der Waals surface area (Å²) < 4.78 is 13.4. The van der Waals surface area contributed by atoms with Crippen LogP contribution < -0.4 is 10.6 Å². The van der Waals surface area contributed by atoms with Gasteiger partial charge in [-0.25, -0.2) is 9.37 Å². The van der Waals surface area contributed by atoms with Crippen molar-refractivity contribution in [2.75, 3.05) is 17.2 Å². The topological polar surface area (TPSA) is 59.2 Å². The minimum atomic E-state index is -0.371. The summed E-state index contributed by atoms with van der Waals surface area (Å²) in [5.74, 6) is -0.450. The van der Waals surface area contributed by atoms with Crippen LogP contribution in [0.4, 0.5) is 15.9 Å². The summed E-state index contributed by atoms with van der Waals surface area (Å²) in [6.45, 7) is 0.496. The van der Waals surface area contributed by atoms with Gasteiger partial charge in [-0.05, 0) is 30.2 Å². The fourth-order valence-corrected chi connectivity index (χ4v) is 2.51. The molecular formula is C14H11ClFN3O. The van der Waals surface area contributed by atoms with Crippen LogP contribution in [-0.2, 0) is 6.42 Å². The number of amides is 1. The molecule has 2 aromatic rings. The molecule has 0 spiro atoms. The van der Waals surface area contributed by atoms with Crippen molar-refractivity contribution in [3.05, 3.63) is 52.4 Å². The van der Waals surface area contributed by atoms with Crippen molar-refractivity contribution in [2.45, 2.75) is 6.42 Å². The van der Waals surface area contributed by atoms with E-state index >= 15 is 0 Å². The summed E-state index contributed by atoms with van der Waals surface area (Å²) in [5, 5.41) is 0.231. The van der Waals surface area contributed by atoms with Gasteiger partial charge in [-0.1, -0.05) is 17.7 Å². The average Bonchev–Trinajstić information content (AvgIpc) is 2.83. The first-order valence-electron chi connectivity index (χ1n) is 6.07. The minimum Gasteiger partial charge on any atom is -0.384 e. The third kappa shape index (κ3) is 2.10. The number of halogens is 2. The maximum Gasteiger partial charge on any atom is 0.259 e. The van der Waals surface area contributed by atoms with Gasteiger partial charge in [0.25, 0.3) is 5.91 Å². The number of benzene rings is 1. The van der Waals surface area contributed by atoms with E-state index in [1.54, 1.807) is 6.07 Å². The molecule has 2 N–H and O–H groups in total. The Labute approximate surface area is 120 Å². The third-order valence-electron chi connectivity index (χ3n) is 3.29. The van der Waals surface area contributed by atoms with E-state index in [0.717, 1.165) is 5.56 Å². The number of fused-ring (bicyclic) bond motifs is 1. The first-order valence-corrected chi connectivity index (χ1v) is 6.45. The predicted molar refractivity (Wildman–Crippen MR) is 75.4 cm³/mol. The molecule has 0 aliphatic carbocycles. The van der Waals surface area contributed by atoms with E-state index in [1.165, 1.54) is 29.3 Å². The van der Waals surface area contributed by atoms with Crippen LogP contribution in [0.15, 0.2) is 30.5 Å². The Morgan fingerprint density at radius 1 is 1.40 bits per heavy atom. The first kappa shape index (κ1) is 12.9. The van der Waals surface area contributed by atoms with Crippen LogP contribution in [0.25, 0.3) is 0 Å². The summed E-state index contributed by atoms with van der Waals surface area (Å²) in [7, 11) is 0. The molecule has 102 valence electrons. The second-order valence-corrected chi connectivity index (χ2v) is 4.98. The molecule has 1 aromatic heterocycles. The van der Waals surface area contributed by atoms with Crippen molar-refractivity contribution in [1.82, 2.24) is 4.98 Å². The molecule has 1 aliphatic heterocycles. The Morgan fingerprint density at radius 2 is 2.20 bits per heavy atom. The van der Waals surface area contributed by atoms with E-state index in [1.807, 2.05) is 0 Å². The maximum atomic E-state index is 13.4. The van der Waals surface area contributed by atoms with Crippen LogP contribution in [0, 0.1) is 5.82 Å². The quantitative estimate of drug-likeness (QED) is 0.879. The number of hydrogen-bond acceptors (Lipinski definition) is 3. The Kier molecular flexibility index (Phi) is 3.06. The van der Waals surface area contributed by atoms with Gasteiger partial charge < -0.3 is 10.6 Å². The van der Waals surface area contributed by atoms with Crippen molar-refractivity contribution >= 4 is 29.0 Å². The Balaban J connectivity index is 2.01. The summed E-state index contributed by atoms with van der Waals surface area (Å²) >= 11 is 5.99. The van der Waals surface area contributed by atoms with E-state index in [0.29, 0.717) is 18.7 Å². The molecule has 0 atom stereocenters. The van der Waals surface area contributed by atoms with Gasteiger partial charge in [0.1, 0.15) is 11.6 Å². The number of carbonyl (C=O) groups is 1. The molecule has 1 aliphatic rings. The summed E-state index contributed by atoms with van der Waals surface area (Å²) in [4.78, 5) is 17.9. The molecule has 2 heterocycles. The SMILES string of the molecule is Nc1cc(C(=O)N2CCc3ccc(F)cc32)c(Cl)cn1. The number of rotatable bonds is 1. The van der Waals surface area contributed by atoms with Crippen LogP contribution in [0.5, 0.6) is 0 Å². The lowest BCUT2D eigenvalue weighted by Crippen LogP contribution is -2.29. The van der Waals surface area contributed by atoms with E-state index in [-0.39, 0.29) is 28.1 Å². The number of nitrogen functional groups attached to an aromatic ring is 1. The van der Waals surface area contributed by atoms with Crippen LogP contribution in [0.3, 0.4) is 0 Å². The molecule has 3 rings (SSSR count). The summed E-state index contributed by atoms with van der Waals surface area (Å²) in [5.41, 5.74) is 7.38. The lowest BCUT2D eigenvalue weighted by molar-refractivity contribution is 0.0989. The highest BCUT2D eigenvalue weighted by atomic mass is 35.5. The van der Waals surface area contributed by atoms with E-state index in [2.05, 4.69) is 4.98 Å². The largest absolute Gasteiger partial charge is 0.384 e. The molecule has 20 heavy (non-hydrogen) atoms. The molecule has 6 heteroatoms. The molecule has 0 unspecified atom stereocenters. The van der Waals surface area contributed by atoms with Gasteiger partial charge in [-0.2, -0.15) is 0 Å². The van der Waals surface area contributed by atoms with Gasteiger partial charge in [0.2, 0.25) is 0 Å². The van der Waals surface area contributed by atoms with Gasteiger partial charge in [0, 0.05) is 12.7 Å². The third-order valence-corrected chi connectivity index (χ3v) is 3.60.